The smallest absolute Gasteiger partial charge is 0.343 e. The van der Waals surface area contributed by atoms with E-state index >= 15 is 0 Å². The molecule has 2 N–H and O–H groups in total. The maximum atomic E-state index is 12.1. The van der Waals surface area contributed by atoms with Gasteiger partial charge in [-0.2, -0.15) is 0 Å². The number of benzene rings is 3. The van der Waals surface area contributed by atoms with Gasteiger partial charge in [0, 0.05) is 0 Å². The Kier molecular flexibility index (Phi) is 5.08. The van der Waals surface area contributed by atoms with E-state index in [1.165, 1.54) is 24.3 Å². The molecular formula is C21H18O5. The monoisotopic (exact) mass is 350 g/mol. The topological polar surface area (TPSA) is 76.0 Å². The first-order valence-electron chi connectivity index (χ1n) is 8.04. The molecule has 0 aliphatic rings. The maximum Gasteiger partial charge on any atom is 0.343 e. The summed E-state index contributed by atoms with van der Waals surface area (Å²) >= 11 is 0. The normalized spacial score (nSPS) is 10.3. The predicted molar refractivity (Wildman–Crippen MR) is 96.7 cm³/mol. The van der Waals surface area contributed by atoms with Gasteiger partial charge in [-0.3, -0.25) is 0 Å². The Hall–Kier alpha value is -3.47. The van der Waals surface area contributed by atoms with E-state index < -0.39 is 5.97 Å². The highest BCUT2D eigenvalue weighted by atomic mass is 16.5. The highest BCUT2D eigenvalue weighted by molar-refractivity contribution is 5.91. The van der Waals surface area contributed by atoms with Crippen molar-refractivity contribution in [2.45, 2.75) is 13.5 Å². The Morgan fingerprint density at radius 1 is 0.885 bits per heavy atom. The lowest BCUT2D eigenvalue weighted by Gasteiger charge is -2.11. The molecule has 0 atom stereocenters. The van der Waals surface area contributed by atoms with E-state index in [9.17, 15) is 15.0 Å². The largest absolute Gasteiger partial charge is 0.508 e. The van der Waals surface area contributed by atoms with Crippen LogP contribution in [-0.4, -0.2) is 16.2 Å². The van der Waals surface area contributed by atoms with Gasteiger partial charge in [0.25, 0.3) is 0 Å². The fourth-order valence-corrected chi connectivity index (χ4v) is 2.34. The Bertz CT molecular complexity index is 899. The number of ether oxygens (including phenoxy) is 2. The van der Waals surface area contributed by atoms with Crippen molar-refractivity contribution in [2.24, 2.45) is 0 Å². The molecule has 0 bridgehead atoms. The molecule has 0 saturated heterocycles. The molecule has 3 aromatic rings. The quantitative estimate of drug-likeness (QED) is 0.533. The lowest BCUT2D eigenvalue weighted by atomic mass is 10.2. The van der Waals surface area contributed by atoms with Crippen LogP contribution in [0.2, 0.25) is 0 Å². The minimum Gasteiger partial charge on any atom is -0.508 e. The second-order valence-electron chi connectivity index (χ2n) is 5.82. The first-order valence-corrected chi connectivity index (χ1v) is 8.04. The zero-order chi connectivity index (χ0) is 18.5. The molecule has 0 radical (unpaired) electrons. The van der Waals surface area contributed by atoms with Crippen molar-refractivity contribution in [2.75, 3.05) is 0 Å². The van der Waals surface area contributed by atoms with Crippen molar-refractivity contribution < 1.29 is 24.5 Å². The molecule has 0 aromatic heterocycles. The number of aromatic hydroxyl groups is 2. The highest BCUT2D eigenvalue weighted by Gasteiger charge is 2.11. The summed E-state index contributed by atoms with van der Waals surface area (Å²) in [4.78, 5) is 12.1. The van der Waals surface area contributed by atoms with Crippen LogP contribution in [-0.2, 0) is 6.61 Å². The molecule has 0 unspecified atom stereocenters. The van der Waals surface area contributed by atoms with Gasteiger partial charge in [-0.25, -0.2) is 4.79 Å². The molecule has 0 fully saturated rings. The molecule has 0 heterocycles. The van der Waals surface area contributed by atoms with Crippen molar-refractivity contribution in [1.29, 1.82) is 0 Å². The summed E-state index contributed by atoms with van der Waals surface area (Å²) in [5.74, 6) is 0.906. The van der Waals surface area contributed by atoms with E-state index in [1.807, 2.05) is 6.92 Å². The second kappa shape index (κ2) is 7.61. The Morgan fingerprint density at radius 2 is 1.50 bits per heavy atom. The molecule has 0 aliphatic heterocycles. The molecule has 5 heteroatoms. The number of phenols is 2. The second-order valence-corrected chi connectivity index (χ2v) is 5.82. The summed E-state index contributed by atoms with van der Waals surface area (Å²) in [5.41, 5.74) is 2.05. The van der Waals surface area contributed by atoms with Gasteiger partial charge in [0.1, 0.15) is 29.6 Å². The van der Waals surface area contributed by atoms with Crippen molar-refractivity contribution >= 4 is 5.97 Å². The minimum absolute atomic E-state index is 0.0906. The molecule has 132 valence electrons. The van der Waals surface area contributed by atoms with E-state index in [0.29, 0.717) is 23.7 Å². The fraction of sp³-hybridized carbons (Fsp3) is 0.0952. The van der Waals surface area contributed by atoms with Crippen LogP contribution in [0.4, 0.5) is 0 Å². The minimum atomic E-state index is -0.495. The standard InChI is InChI=1S/C21H18O5/c1-14-12-19(25-13-15-2-6-17(22)7-3-15)10-11-20(14)26-21(24)16-4-8-18(23)9-5-16/h2-12,22-23H,13H2,1H3. The summed E-state index contributed by atoms with van der Waals surface area (Å²) in [6.45, 7) is 2.19. The van der Waals surface area contributed by atoms with Crippen LogP contribution in [0.5, 0.6) is 23.0 Å². The summed E-state index contributed by atoms with van der Waals surface area (Å²) in [6, 6.07) is 17.9. The van der Waals surface area contributed by atoms with Gasteiger partial charge in [-0.1, -0.05) is 12.1 Å². The number of rotatable bonds is 5. The van der Waals surface area contributed by atoms with E-state index in [-0.39, 0.29) is 11.5 Å². The van der Waals surface area contributed by atoms with Crippen molar-refractivity contribution in [3.63, 3.8) is 0 Å². The molecule has 5 nitrogen and oxygen atoms in total. The number of phenolic OH excluding ortho intramolecular Hbond substituents is 2. The predicted octanol–water partition coefficient (Wildman–Crippen LogP) is 4.20. The number of esters is 1. The number of aryl methyl sites for hydroxylation is 1. The lowest BCUT2D eigenvalue weighted by Crippen LogP contribution is -2.09. The summed E-state index contributed by atoms with van der Waals surface area (Å²) in [6.07, 6.45) is 0. The summed E-state index contributed by atoms with van der Waals surface area (Å²) < 4.78 is 11.1. The van der Waals surface area contributed by atoms with E-state index in [1.54, 1.807) is 42.5 Å². The van der Waals surface area contributed by atoms with Crippen LogP contribution in [0, 0.1) is 6.92 Å². The molecular weight excluding hydrogens is 332 g/mol. The Morgan fingerprint density at radius 3 is 2.12 bits per heavy atom. The third-order valence-electron chi connectivity index (χ3n) is 3.79. The molecule has 3 rings (SSSR count). The van der Waals surface area contributed by atoms with E-state index in [4.69, 9.17) is 9.47 Å². The molecule has 3 aromatic carbocycles. The van der Waals surface area contributed by atoms with Gasteiger partial charge >= 0.3 is 5.97 Å². The summed E-state index contributed by atoms with van der Waals surface area (Å²) in [5, 5.41) is 18.6. The van der Waals surface area contributed by atoms with Crippen LogP contribution < -0.4 is 9.47 Å². The first kappa shape index (κ1) is 17.4. The van der Waals surface area contributed by atoms with Gasteiger partial charge in [0.15, 0.2) is 0 Å². The third-order valence-corrected chi connectivity index (χ3v) is 3.79. The third kappa shape index (κ3) is 4.33. The number of carbonyl (C=O) groups excluding carboxylic acids is 1. The molecule has 0 saturated carbocycles. The number of hydrogen-bond acceptors (Lipinski definition) is 5. The zero-order valence-corrected chi connectivity index (χ0v) is 14.2. The average molecular weight is 350 g/mol. The average Bonchev–Trinajstić information content (AvgIpc) is 2.64. The van der Waals surface area contributed by atoms with Gasteiger partial charge in [0.2, 0.25) is 0 Å². The SMILES string of the molecule is Cc1cc(OCc2ccc(O)cc2)ccc1OC(=O)c1ccc(O)cc1. The molecule has 0 amide bonds. The molecule has 0 aliphatic carbocycles. The maximum absolute atomic E-state index is 12.1. The van der Waals surface area contributed by atoms with Crippen molar-refractivity contribution in [3.05, 3.63) is 83.4 Å². The summed E-state index contributed by atoms with van der Waals surface area (Å²) in [7, 11) is 0. The lowest BCUT2D eigenvalue weighted by molar-refractivity contribution is 0.0733. The van der Waals surface area contributed by atoms with Crippen LogP contribution in [0.25, 0.3) is 0 Å². The Balaban J connectivity index is 1.64. The van der Waals surface area contributed by atoms with Gasteiger partial charge in [0.05, 0.1) is 5.56 Å². The van der Waals surface area contributed by atoms with Crippen LogP contribution in [0.15, 0.2) is 66.7 Å². The van der Waals surface area contributed by atoms with Gasteiger partial charge in [-0.15, -0.1) is 0 Å². The first-order chi connectivity index (χ1) is 12.5. The van der Waals surface area contributed by atoms with Gasteiger partial charge in [-0.05, 0) is 72.6 Å². The van der Waals surface area contributed by atoms with Crippen LogP contribution in [0.1, 0.15) is 21.5 Å². The molecule has 26 heavy (non-hydrogen) atoms. The van der Waals surface area contributed by atoms with Gasteiger partial charge < -0.3 is 19.7 Å². The fourth-order valence-electron chi connectivity index (χ4n) is 2.34. The number of hydrogen-bond donors (Lipinski definition) is 2. The van der Waals surface area contributed by atoms with Crippen molar-refractivity contribution in [3.8, 4) is 23.0 Å². The van der Waals surface area contributed by atoms with E-state index in [0.717, 1.165) is 11.1 Å². The van der Waals surface area contributed by atoms with Crippen LogP contribution in [0.3, 0.4) is 0 Å². The zero-order valence-electron chi connectivity index (χ0n) is 14.2. The highest BCUT2D eigenvalue weighted by Crippen LogP contribution is 2.25. The van der Waals surface area contributed by atoms with Crippen molar-refractivity contribution in [1.82, 2.24) is 0 Å². The number of carbonyl (C=O) groups is 1. The van der Waals surface area contributed by atoms with Crippen LogP contribution >= 0.6 is 0 Å². The molecule has 0 spiro atoms. The Labute approximate surface area is 151 Å². The van der Waals surface area contributed by atoms with E-state index in [2.05, 4.69) is 0 Å².